The minimum absolute atomic E-state index is 0. The van der Waals surface area contributed by atoms with Gasteiger partial charge in [-0.2, -0.15) is 0 Å². The van der Waals surface area contributed by atoms with Gasteiger partial charge in [0.15, 0.2) is 0 Å². The summed E-state index contributed by atoms with van der Waals surface area (Å²) in [6.07, 6.45) is 2.84. The second kappa shape index (κ2) is 7.77. The molecule has 1 aliphatic rings. The molecule has 1 fully saturated rings. The third-order valence-electron chi connectivity index (χ3n) is 4.58. The van der Waals surface area contributed by atoms with Gasteiger partial charge in [0.25, 0.3) is 0 Å². The van der Waals surface area contributed by atoms with E-state index in [0.29, 0.717) is 5.92 Å². The topological polar surface area (TPSA) is 32.3 Å². The van der Waals surface area contributed by atoms with E-state index in [0.717, 1.165) is 19.3 Å². The third kappa shape index (κ3) is 3.89. The largest absolute Gasteiger partial charge is 0.391 e. The van der Waals surface area contributed by atoms with E-state index < -0.39 is 0 Å². The minimum Gasteiger partial charge on any atom is -0.391 e. The number of hydrogen-bond acceptors (Lipinski definition) is 2. The van der Waals surface area contributed by atoms with Gasteiger partial charge in [0.05, 0.1) is 6.10 Å². The number of halogens is 1. The Balaban J connectivity index is 0.00000176. The second-order valence-electron chi connectivity index (χ2n) is 6.07. The highest BCUT2D eigenvalue weighted by Crippen LogP contribution is 2.29. The van der Waals surface area contributed by atoms with E-state index >= 15 is 0 Å². The standard InChI is InChI=1S/C19H23NO.ClH/c1-20-18-12-15(13-19(18)21)11-14-7-9-17(10-8-14)16-5-3-2-4-6-16;/h2-10,15,18-21H,11-13H2,1H3;1H/t15-,18-,19-;/m0./s1. The first kappa shape index (κ1) is 17.0. The molecule has 118 valence electrons. The summed E-state index contributed by atoms with van der Waals surface area (Å²) in [5.41, 5.74) is 3.89. The van der Waals surface area contributed by atoms with E-state index in [-0.39, 0.29) is 24.6 Å². The Morgan fingerprint density at radius 1 is 0.955 bits per heavy atom. The molecule has 1 saturated carbocycles. The second-order valence-corrected chi connectivity index (χ2v) is 6.07. The Kier molecular flexibility index (Phi) is 6.01. The molecule has 2 nitrogen and oxygen atoms in total. The molecule has 3 atom stereocenters. The van der Waals surface area contributed by atoms with Gasteiger partial charge in [0, 0.05) is 6.04 Å². The van der Waals surface area contributed by atoms with E-state index in [9.17, 15) is 5.11 Å². The Morgan fingerprint density at radius 2 is 1.59 bits per heavy atom. The minimum atomic E-state index is -0.191. The SMILES string of the molecule is CN[C@H]1C[C@H](Cc2ccc(-c3ccccc3)cc2)C[C@@H]1O.Cl. The molecule has 0 spiro atoms. The normalized spacial score (nSPS) is 24.0. The van der Waals surface area contributed by atoms with Gasteiger partial charge in [0.2, 0.25) is 0 Å². The molecule has 0 unspecified atom stereocenters. The lowest BCUT2D eigenvalue weighted by atomic mass is 9.96. The molecule has 0 aliphatic heterocycles. The van der Waals surface area contributed by atoms with Crippen molar-refractivity contribution in [2.75, 3.05) is 7.05 Å². The van der Waals surface area contributed by atoms with Crippen LogP contribution in [-0.4, -0.2) is 24.3 Å². The van der Waals surface area contributed by atoms with Crippen LogP contribution < -0.4 is 5.32 Å². The highest BCUT2D eigenvalue weighted by Gasteiger charge is 2.31. The van der Waals surface area contributed by atoms with Gasteiger partial charge < -0.3 is 10.4 Å². The first-order chi connectivity index (χ1) is 10.3. The fourth-order valence-corrected chi connectivity index (χ4v) is 3.39. The molecule has 3 heteroatoms. The van der Waals surface area contributed by atoms with Crippen molar-refractivity contribution in [3.8, 4) is 11.1 Å². The zero-order valence-corrected chi connectivity index (χ0v) is 13.7. The molecule has 2 N–H and O–H groups in total. The summed E-state index contributed by atoms with van der Waals surface area (Å²) in [6.45, 7) is 0. The number of aliphatic hydroxyl groups is 1. The van der Waals surface area contributed by atoms with E-state index in [4.69, 9.17) is 0 Å². The van der Waals surface area contributed by atoms with Crippen LogP contribution in [0, 0.1) is 5.92 Å². The summed E-state index contributed by atoms with van der Waals surface area (Å²) in [4.78, 5) is 0. The molecule has 2 aromatic carbocycles. The van der Waals surface area contributed by atoms with E-state index in [2.05, 4.69) is 53.8 Å². The van der Waals surface area contributed by atoms with Crippen LogP contribution in [0.3, 0.4) is 0 Å². The maximum absolute atomic E-state index is 9.97. The fourth-order valence-electron chi connectivity index (χ4n) is 3.39. The number of benzene rings is 2. The molecule has 22 heavy (non-hydrogen) atoms. The van der Waals surface area contributed by atoms with Gasteiger partial charge in [-0.15, -0.1) is 12.4 Å². The average Bonchev–Trinajstić information content (AvgIpc) is 2.88. The van der Waals surface area contributed by atoms with Crippen LogP contribution in [0.5, 0.6) is 0 Å². The summed E-state index contributed by atoms with van der Waals surface area (Å²) < 4.78 is 0. The van der Waals surface area contributed by atoms with Crippen LogP contribution in [0.1, 0.15) is 18.4 Å². The zero-order chi connectivity index (χ0) is 14.7. The maximum Gasteiger partial charge on any atom is 0.0695 e. The summed E-state index contributed by atoms with van der Waals surface area (Å²) >= 11 is 0. The van der Waals surface area contributed by atoms with Crippen molar-refractivity contribution in [2.45, 2.75) is 31.4 Å². The first-order valence-electron chi connectivity index (χ1n) is 7.76. The van der Waals surface area contributed by atoms with Crippen molar-refractivity contribution in [3.05, 3.63) is 60.2 Å². The summed E-state index contributed by atoms with van der Waals surface area (Å²) in [6, 6.07) is 19.6. The molecule has 1 aliphatic carbocycles. The van der Waals surface area contributed by atoms with Crippen LogP contribution in [0.4, 0.5) is 0 Å². The number of rotatable bonds is 4. The van der Waals surface area contributed by atoms with E-state index in [1.807, 2.05) is 13.1 Å². The van der Waals surface area contributed by atoms with Crippen molar-refractivity contribution in [3.63, 3.8) is 0 Å². The van der Waals surface area contributed by atoms with E-state index in [1.54, 1.807) is 0 Å². The quantitative estimate of drug-likeness (QED) is 0.901. The molecule has 0 amide bonds. The molecular formula is C19H24ClNO. The van der Waals surface area contributed by atoms with Crippen molar-refractivity contribution in [1.82, 2.24) is 5.32 Å². The zero-order valence-electron chi connectivity index (χ0n) is 12.9. The molecule has 0 aromatic heterocycles. The maximum atomic E-state index is 9.97. The molecule has 0 heterocycles. The van der Waals surface area contributed by atoms with Crippen molar-refractivity contribution < 1.29 is 5.11 Å². The number of nitrogens with one attached hydrogen (secondary N) is 1. The summed E-state index contributed by atoms with van der Waals surface area (Å²) in [7, 11) is 1.94. The van der Waals surface area contributed by atoms with Crippen LogP contribution in [0.15, 0.2) is 54.6 Å². The predicted octanol–water partition coefficient (Wildman–Crippen LogP) is 3.68. The van der Waals surface area contributed by atoms with Gasteiger partial charge in [-0.25, -0.2) is 0 Å². The van der Waals surface area contributed by atoms with Crippen LogP contribution in [0.2, 0.25) is 0 Å². The van der Waals surface area contributed by atoms with Gasteiger partial charge in [-0.1, -0.05) is 54.6 Å². The molecule has 0 radical (unpaired) electrons. The van der Waals surface area contributed by atoms with Gasteiger partial charge in [-0.05, 0) is 48.9 Å². The number of hydrogen-bond donors (Lipinski definition) is 2. The van der Waals surface area contributed by atoms with Crippen LogP contribution in [0.25, 0.3) is 11.1 Å². The van der Waals surface area contributed by atoms with Crippen molar-refractivity contribution >= 4 is 12.4 Å². The Hall–Kier alpha value is -1.35. The number of likely N-dealkylation sites (N-methyl/N-ethyl adjacent to an activating group) is 1. The van der Waals surface area contributed by atoms with Crippen LogP contribution >= 0.6 is 12.4 Å². The monoisotopic (exact) mass is 317 g/mol. The van der Waals surface area contributed by atoms with Gasteiger partial charge in [0.1, 0.15) is 0 Å². The molecule has 2 aromatic rings. The van der Waals surface area contributed by atoms with Crippen LogP contribution in [-0.2, 0) is 6.42 Å². The highest BCUT2D eigenvalue weighted by molar-refractivity contribution is 5.85. The summed E-state index contributed by atoms with van der Waals surface area (Å²) in [5, 5.41) is 13.2. The molecule has 0 saturated heterocycles. The molecule has 0 bridgehead atoms. The van der Waals surface area contributed by atoms with E-state index in [1.165, 1.54) is 16.7 Å². The molecule has 3 rings (SSSR count). The van der Waals surface area contributed by atoms with Gasteiger partial charge >= 0.3 is 0 Å². The van der Waals surface area contributed by atoms with Gasteiger partial charge in [-0.3, -0.25) is 0 Å². The molecular weight excluding hydrogens is 294 g/mol. The predicted molar refractivity (Wildman–Crippen MR) is 94.4 cm³/mol. The lowest BCUT2D eigenvalue weighted by Crippen LogP contribution is -2.32. The summed E-state index contributed by atoms with van der Waals surface area (Å²) in [5.74, 6) is 0.583. The number of aliphatic hydroxyl groups excluding tert-OH is 1. The Morgan fingerprint density at radius 3 is 2.18 bits per heavy atom. The lowest BCUT2D eigenvalue weighted by Gasteiger charge is -2.12. The lowest BCUT2D eigenvalue weighted by molar-refractivity contribution is 0.150. The van der Waals surface area contributed by atoms with Crippen molar-refractivity contribution in [1.29, 1.82) is 0 Å². The Labute approximate surface area is 139 Å². The Bertz CT molecular complexity index is 570. The van der Waals surface area contributed by atoms with Crippen molar-refractivity contribution in [2.24, 2.45) is 5.92 Å². The average molecular weight is 318 g/mol. The third-order valence-corrected chi connectivity index (χ3v) is 4.58. The first-order valence-corrected chi connectivity index (χ1v) is 7.76. The highest BCUT2D eigenvalue weighted by atomic mass is 35.5. The fraction of sp³-hybridized carbons (Fsp3) is 0.368. The smallest absolute Gasteiger partial charge is 0.0695 e.